The van der Waals surface area contributed by atoms with Gasteiger partial charge in [-0.15, -0.1) is 5.43 Å². The van der Waals surface area contributed by atoms with Gasteiger partial charge in [-0.2, -0.15) is 5.21 Å². The van der Waals surface area contributed by atoms with Crippen LogP contribution in [0.25, 0.3) is 0 Å². The smallest absolute Gasteiger partial charge is 0.143 e. The lowest BCUT2D eigenvalue weighted by atomic mass is 10.2. The summed E-state index contributed by atoms with van der Waals surface area (Å²) < 4.78 is 0. The predicted octanol–water partition coefficient (Wildman–Crippen LogP) is -0.789. The molecular weight excluding hydrogens is 196 g/mol. The van der Waals surface area contributed by atoms with Crippen molar-refractivity contribution in [2.45, 2.75) is 45.3 Å². The third-order valence-electron chi connectivity index (χ3n) is 2.14. The van der Waals surface area contributed by atoms with Crippen LogP contribution in [-0.4, -0.2) is 34.2 Å². The molecule has 0 saturated carbocycles. The molecule has 3 atom stereocenters. The van der Waals surface area contributed by atoms with Crippen LogP contribution in [0.3, 0.4) is 0 Å². The van der Waals surface area contributed by atoms with Crippen LogP contribution >= 0.6 is 0 Å². The number of nitrogens with one attached hydrogen (secondary N) is 2. The number of quaternary nitrogens is 1. The van der Waals surface area contributed by atoms with Crippen molar-refractivity contribution in [3.8, 4) is 0 Å². The highest BCUT2D eigenvalue weighted by Crippen LogP contribution is 1.92. The number of aliphatic hydroxyl groups excluding tert-OH is 2. The molecule has 0 bridgehead atoms. The van der Waals surface area contributed by atoms with Gasteiger partial charge in [0.15, 0.2) is 0 Å². The average molecular weight is 219 g/mol. The Morgan fingerprint density at radius 2 is 2.13 bits per heavy atom. The van der Waals surface area contributed by atoms with E-state index in [1.165, 1.54) is 0 Å². The average Bonchev–Trinajstić information content (AvgIpc) is 2.23. The molecular formula is C10H23N2O3+. The number of rotatable bonds is 8. The molecule has 0 amide bonds. The van der Waals surface area contributed by atoms with Gasteiger partial charge in [0.2, 0.25) is 0 Å². The first-order valence-electron chi connectivity index (χ1n) is 5.39. The molecule has 0 aliphatic carbocycles. The zero-order valence-corrected chi connectivity index (χ0v) is 9.48. The van der Waals surface area contributed by atoms with E-state index in [0.717, 1.165) is 19.3 Å². The van der Waals surface area contributed by atoms with Gasteiger partial charge in [0.1, 0.15) is 6.20 Å². The summed E-state index contributed by atoms with van der Waals surface area (Å²) in [5, 5.41) is 27.3. The molecule has 5 nitrogen and oxygen atoms in total. The van der Waals surface area contributed by atoms with Crippen molar-refractivity contribution in [2.75, 3.05) is 6.61 Å². The van der Waals surface area contributed by atoms with Crippen molar-refractivity contribution in [2.24, 2.45) is 0 Å². The van der Waals surface area contributed by atoms with Crippen molar-refractivity contribution in [1.29, 1.82) is 0 Å². The molecule has 5 heteroatoms. The van der Waals surface area contributed by atoms with Gasteiger partial charge in [0.05, 0.1) is 18.8 Å². The normalized spacial score (nSPS) is 17.9. The monoisotopic (exact) mass is 219 g/mol. The topological polar surface area (TPSA) is 77.2 Å². The molecule has 15 heavy (non-hydrogen) atoms. The minimum atomic E-state index is -0.865. The van der Waals surface area contributed by atoms with Crippen molar-refractivity contribution in [3.63, 3.8) is 0 Å². The Labute approximate surface area is 91.0 Å². The zero-order chi connectivity index (χ0) is 11.7. The van der Waals surface area contributed by atoms with Gasteiger partial charge in [-0.05, 0) is 25.8 Å². The molecule has 0 aromatic heterocycles. The van der Waals surface area contributed by atoms with Crippen molar-refractivity contribution < 1.29 is 20.6 Å². The molecule has 0 radical (unpaired) electrons. The molecule has 0 saturated heterocycles. The maximum atomic E-state index is 9.39. The molecule has 3 unspecified atom stereocenters. The van der Waals surface area contributed by atoms with Gasteiger partial charge in [0.25, 0.3) is 0 Å². The van der Waals surface area contributed by atoms with Gasteiger partial charge in [-0.3, -0.25) is 0 Å². The van der Waals surface area contributed by atoms with Crippen LogP contribution in [0.4, 0.5) is 0 Å². The predicted molar refractivity (Wildman–Crippen MR) is 57.1 cm³/mol. The third kappa shape index (κ3) is 7.47. The van der Waals surface area contributed by atoms with E-state index in [-0.39, 0.29) is 17.8 Å². The van der Waals surface area contributed by atoms with E-state index in [2.05, 4.69) is 12.3 Å². The second-order valence-corrected chi connectivity index (χ2v) is 3.61. The minimum Gasteiger partial charge on any atom is -0.394 e. The fraction of sp³-hybridized carbons (Fsp3) is 0.800. The molecule has 0 heterocycles. The second-order valence-electron chi connectivity index (χ2n) is 3.61. The van der Waals surface area contributed by atoms with Crippen LogP contribution in [0.2, 0.25) is 0 Å². The molecule has 0 spiro atoms. The first-order valence-corrected chi connectivity index (χ1v) is 5.39. The number of allylic oxidation sites excluding steroid dienone is 1. The van der Waals surface area contributed by atoms with Gasteiger partial charge < -0.3 is 10.2 Å². The SMILES string of the molecule is CCCCC=C[NH+](O)NC(C)C(O)CO. The number of hydroxylamine groups is 1. The summed E-state index contributed by atoms with van der Waals surface area (Å²) in [4.78, 5) is 0. The summed E-state index contributed by atoms with van der Waals surface area (Å²) in [6.07, 6.45) is 5.74. The molecule has 0 aromatic carbocycles. The molecule has 0 aliphatic rings. The van der Waals surface area contributed by atoms with E-state index < -0.39 is 6.10 Å². The van der Waals surface area contributed by atoms with Gasteiger partial charge in [-0.1, -0.05) is 18.5 Å². The van der Waals surface area contributed by atoms with E-state index in [1.807, 2.05) is 6.08 Å². The molecule has 0 aromatic rings. The quantitative estimate of drug-likeness (QED) is 0.274. The lowest BCUT2D eigenvalue weighted by Crippen LogP contribution is -3.13. The number of aliphatic hydroxyl groups is 2. The van der Waals surface area contributed by atoms with Gasteiger partial charge >= 0.3 is 0 Å². The standard InChI is InChI=1S/C10H22N2O3/c1-3-4-5-6-7-12(15)11-9(2)10(14)8-13/h6-7,9-11,13-15H,3-5,8H2,1-2H3/p+1. The lowest BCUT2D eigenvalue weighted by Gasteiger charge is -2.17. The van der Waals surface area contributed by atoms with Crippen LogP contribution in [-0.2, 0) is 0 Å². The Morgan fingerprint density at radius 3 is 2.67 bits per heavy atom. The number of hydrogen-bond donors (Lipinski definition) is 5. The summed E-state index contributed by atoms with van der Waals surface area (Å²) in [6, 6.07) is -0.370. The maximum Gasteiger partial charge on any atom is 0.143 e. The lowest BCUT2D eigenvalue weighted by molar-refractivity contribution is -1.09. The van der Waals surface area contributed by atoms with E-state index in [0.29, 0.717) is 0 Å². The van der Waals surface area contributed by atoms with Crippen molar-refractivity contribution in [3.05, 3.63) is 12.3 Å². The van der Waals surface area contributed by atoms with E-state index in [9.17, 15) is 10.3 Å². The van der Waals surface area contributed by atoms with Crippen molar-refractivity contribution >= 4 is 0 Å². The fourth-order valence-corrected chi connectivity index (χ4v) is 1.05. The highest BCUT2D eigenvalue weighted by atomic mass is 16.5. The van der Waals surface area contributed by atoms with Crippen LogP contribution in [0, 0.1) is 0 Å². The van der Waals surface area contributed by atoms with Crippen LogP contribution in [0.15, 0.2) is 12.3 Å². The third-order valence-corrected chi connectivity index (χ3v) is 2.14. The van der Waals surface area contributed by atoms with E-state index in [1.54, 1.807) is 13.1 Å². The van der Waals surface area contributed by atoms with Gasteiger partial charge in [-0.25, -0.2) is 0 Å². The Hall–Kier alpha value is -0.460. The summed E-state index contributed by atoms with van der Waals surface area (Å²) in [6.45, 7) is 3.48. The first kappa shape index (κ1) is 14.5. The molecule has 5 N–H and O–H groups in total. The van der Waals surface area contributed by atoms with Crippen LogP contribution in [0.5, 0.6) is 0 Å². The highest BCUT2D eigenvalue weighted by Gasteiger charge is 2.16. The number of unbranched alkanes of at least 4 members (excludes halogenated alkanes) is 2. The molecule has 0 aliphatic heterocycles. The number of hydrogen-bond acceptors (Lipinski definition) is 4. The maximum absolute atomic E-state index is 9.39. The second kappa shape index (κ2) is 8.82. The first-order chi connectivity index (χ1) is 7.11. The zero-order valence-electron chi connectivity index (χ0n) is 9.48. The van der Waals surface area contributed by atoms with E-state index >= 15 is 0 Å². The molecule has 0 rings (SSSR count). The van der Waals surface area contributed by atoms with Crippen molar-refractivity contribution in [1.82, 2.24) is 5.43 Å². The Bertz CT molecular complexity index is 176. The summed E-state index contributed by atoms with van der Waals surface area (Å²) in [5.41, 5.74) is 2.68. The Morgan fingerprint density at radius 1 is 1.47 bits per heavy atom. The fourth-order valence-electron chi connectivity index (χ4n) is 1.05. The summed E-state index contributed by atoms with van der Waals surface area (Å²) in [5.74, 6) is 0. The summed E-state index contributed by atoms with van der Waals surface area (Å²) >= 11 is 0. The molecule has 0 fully saturated rings. The molecule has 90 valence electrons. The Kier molecular flexibility index (Phi) is 8.55. The van der Waals surface area contributed by atoms with E-state index in [4.69, 9.17) is 5.11 Å². The largest absolute Gasteiger partial charge is 0.394 e. The van der Waals surface area contributed by atoms with Crippen LogP contribution < -0.4 is 10.6 Å². The Balaban J connectivity index is 3.72. The highest BCUT2D eigenvalue weighted by molar-refractivity contribution is 4.71. The van der Waals surface area contributed by atoms with Gasteiger partial charge in [0, 0.05) is 0 Å². The minimum absolute atomic E-state index is 0.0195. The summed E-state index contributed by atoms with van der Waals surface area (Å²) in [7, 11) is 0. The van der Waals surface area contributed by atoms with Crippen LogP contribution in [0.1, 0.15) is 33.1 Å².